The van der Waals surface area contributed by atoms with E-state index in [1.807, 2.05) is 0 Å². The van der Waals surface area contributed by atoms with Crippen LogP contribution < -0.4 is 0 Å². The lowest BCUT2D eigenvalue weighted by atomic mass is 10.4. The smallest absolute Gasteiger partial charge is 0.335 e. The van der Waals surface area contributed by atoms with Gasteiger partial charge in [0.25, 0.3) is 11.8 Å². The average molecular weight is 211 g/mol. The maximum Gasteiger partial charge on any atom is 0.335 e. The van der Waals surface area contributed by atoms with Gasteiger partial charge in [-0.25, -0.2) is 9.63 Å². The summed E-state index contributed by atoms with van der Waals surface area (Å²) < 4.78 is 4.53. The van der Waals surface area contributed by atoms with Crippen LogP contribution in [0.4, 0.5) is 0 Å². The number of hydrogen-bond donors (Lipinski definition) is 0. The maximum atomic E-state index is 10.9. The molecule has 0 aromatic carbocycles. The lowest BCUT2D eigenvalue weighted by Gasteiger charge is -2.12. The molecule has 0 unspecified atom stereocenters. The van der Waals surface area contributed by atoms with Gasteiger partial charge in [-0.05, 0) is 6.92 Å². The Morgan fingerprint density at radius 2 is 1.93 bits per heavy atom. The van der Waals surface area contributed by atoms with Gasteiger partial charge in [0.15, 0.2) is 0 Å². The largest absolute Gasteiger partial charge is 0.433 e. The third kappa shape index (κ3) is 2.75. The molecular formula is C9H9NO5. The molecule has 0 saturated carbocycles. The van der Waals surface area contributed by atoms with Crippen molar-refractivity contribution < 1.29 is 24.0 Å². The summed E-state index contributed by atoms with van der Waals surface area (Å²) in [4.78, 5) is 37.4. The fraction of sp³-hybridized carbons (Fsp3) is 0.222. The van der Waals surface area contributed by atoms with E-state index < -0.39 is 24.6 Å². The van der Waals surface area contributed by atoms with Crippen molar-refractivity contribution in [2.45, 2.75) is 6.92 Å². The summed E-state index contributed by atoms with van der Waals surface area (Å²) in [5.41, 5.74) is 0.204. The number of rotatable bonds is 4. The molecule has 1 rings (SSSR count). The van der Waals surface area contributed by atoms with E-state index in [9.17, 15) is 14.4 Å². The quantitative estimate of drug-likeness (QED) is 0.281. The molecule has 6 nitrogen and oxygen atoms in total. The van der Waals surface area contributed by atoms with Crippen molar-refractivity contribution in [3.05, 3.63) is 24.3 Å². The van der Waals surface area contributed by atoms with E-state index in [0.717, 1.165) is 12.2 Å². The molecule has 0 fully saturated rings. The summed E-state index contributed by atoms with van der Waals surface area (Å²) >= 11 is 0. The zero-order chi connectivity index (χ0) is 11.4. The topological polar surface area (TPSA) is 72.9 Å². The molecule has 80 valence electrons. The highest BCUT2D eigenvalue weighted by Crippen LogP contribution is 2.04. The van der Waals surface area contributed by atoms with Crippen LogP contribution in [0, 0.1) is 0 Å². The molecule has 0 saturated heterocycles. The van der Waals surface area contributed by atoms with Gasteiger partial charge in [-0.2, -0.15) is 0 Å². The molecule has 0 radical (unpaired) electrons. The van der Waals surface area contributed by atoms with Crippen molar-refractivity contribution >= 4 is 17.8 Å². The number of ether oxygens (including phenoxy) is 1. The number of hydroxylamine groups is 2. The number of carbonyl (C=O) groups is 3. The highest BCUT2D eigenvalue weighted by Gasteiger charge is 2.24. The van der Waals surface area contributed by atoms with Crippen LogP contribution in [-0.2, 0) is 24.0 Å². The minimum absolute atomic E-state index is 0.204. The van der Waals surface area contributed by atoms with Gasteiger partial charge in [0.1, 0.15) is 0 Å². The number of amides is 2. The highest BCUT2D eigenvalue weighted by atomic mass is 16.8. The Morgan fingerprint density at radius 3 is 2.40 bits per heavy atom. The fourth-order valence-electron chi connectivity index (χ4n) is 0.770. The third-order valence-electron chi connectivity index (χ3n) is 1.49. The monoisotopic (exact) mass is 211 g/mol. The Morgan fingerprint density at radius 1 is 1.40 bits per heavy atom. The van der Waals surface area contributed by atoms with E-state index in [1.54, 1.807) is 0 Å². The summed E-state index contributed by atoms with van der Waals surface area (Å²) in [5, 5.41) is 0.506. The lowest BCUT2D eigenvalue weighted by molar-refractivity contribution is -0.215. The minimum Gasteiger partial charge on any atom is -0.433 e. The molecule has 0 N–H and O–H groups in total. The van der Waals surface area contributed by atoms with Crippen LogP contribution in [-0.4, -0.2) is 29.6 Å². The molecule has 2 amide bonds. The van der Waals surface area contributed by atoms with E-state index >= 15 is 0 Å². The summed E-state index contributed by atoms with van der Waals surface area (Å²) in [7, 11) is 0. The van der Waals surface area contributed by atoms with Crippen LogP contribution in [0.15, 0.2) is 24.3 Å². The second-order valence-electron chi connectivity index (χ2n) is 2.76. The molecule has 0 atom stereocenters. The first-order valence-corrected chi connectivity index (χ1v) is 4.04. The van der Waals surface area contributed by atoms with Gasteiger partial charge in [-0.15, -0.1) is 5.06 Å². The van der Waals surface area contributed by atoms with Crippen molar-refractivity contribution in [2.75, 3.05) is 6.79 Å². The molecule has 1 heterocycles. The van der Waals surface area contributed by atoms with E-state index in [1.165, 1.54) is 6.92 Å². The maximum absolute atomic E-state index is 10.9. The SMILES string of the molecule is C=C(C)C(=O)OCON1C(=O)C=CC1=O. The van der Waals surface area contributed by atoms with Crippen molar-refractivity contribution in [1.82, 2.24) is 5.06 Å². The predicted octanol–water partition coefficient (Wildman–Crippen LogP) is -0.0802. The molecule has 15 heavy (non-hydrogen) atoms. The second kappa shape index (κ2) is 4.52. The Bertz CT molecular complexity index is 340. The predicted molar refractivity (Wildman–Crippen MR) is 47.9 cm³/mol. The van der Waals surface area contributed by atoms with Crippen molar-refractivity contribution in [2.24, 2.45) is 0 Å². The van der Waals surface area contributed by atoms with Crippen LogP contribution in [0.5, 0.6) is 0 Å². The number of nitrogens with zero attached hydrogens (tertiary/aromatic N) is 1. The molecule has 0 bridgehead atoms. The lowest BCUT2D eigenvalue weighted by Crippen LogP contribution is -2.31. The van der Waals surface area contributed by atoms with Crippen LogP contribution in [0.3, 0.4) is 0 Å². The summed E-state index contributed by atoms with van der Waals surface area (Å²) in [6, 6.07) is 0. The minimum atomic E-state index is -0.651. The first kappa shape index (κ1) is 11.1. The summed E-state index contributed by atoms with van der Waals surface area (Å²) in [5.74, 6) is -1.86. The van der Waals surface area contributed by atoms with Crippen LogP contribution >= 0.6 is 0 Å². The fourth-order valence-corrected chi connectivity index (χ4v) is 0.770. The molecule has 1 aliphatic heterocycles. The normalized spacial score (nSPS) is 14.6. The van der Waals surface area contributed by atoms with E-state index in [0.29, 0.717) is 5.06 Å². The van der Waals surface area contributed by atoms with Crippen molar-refractivity contribution in [1.29, 1.82) is 0 Å². The Balaban J connectivity index is 2.33. The molecule has 0 aliphatic carbocycles. The Labute approximate surface area is 85.7 Å². The Kier molecular flexibility index (Phi) is 3.35. The summed E-state index contributed by atoms with van der Waals surface area (Å²) in [6.07, 6.45) is 2.12. The van der Waals surface area contributed by atoms with E-state index in [4.69, 9.17) is 0 Å². The molecule has 0 spiro atoms. The van der Waals surface area contributed by atoms with Gasteiger partial charge in [0.05, 0.1) is 0 Å². The molecule has 1 aliphatic rings. The first-order valence-electron chi connectivity index (χ1n) is 4.04. The number of hydrogen-bond acceptors (Lipinski definition) is 5. The van der Waals surface area contributed by atoms with Crippen molar-refractivity contribution in [3.8, 4) is 0 Å². The third-order valence-corrected chi connectivity index (χ3v) is 1.49. The van der Waals surface area contributed by atoms with Gasteiger partial charge < -0.3 is 4.74 Å². The molecule has 0 aromatic rings. The van der Waals surface area contributed by atoms with Crippen LogP contribution in [0.25, 0.3) is 0 Å². The molecule has 0 aromatic heterocycles. The Hall–Kier alpha value is -1.95. The van der Waals surface area contributed by atoms with Gasteiger partial charge >= 0.3 is 5.97 Å². The zero-order valence-electron chi connectivity index (χ0n) is 8.06. The van der Waals surface area contributed by atoms with E-state index in [2.05, 4.69) is 16.2 Å². The van der Waals surface area contributed by atoms with Crippen LogP contribution in [0.1, 0.15) is 6.92 Å². The van der Waals surface area contributed by atoms with Crippen molar-refractivity contribution in [3.63, 3.8) is 0 Å². The van der Waals surface area contributed by atoms with Gasteiger partial charge in [-0.1, -0.05) is 6.58 Å². The first-order chi connectivity index (χ1) is 7.02. The number of esters is 1. The van der Waals surface area contributed by atoms with Gasteiger partial charge in [0, 0.05) is 17.7 Å². The van der Waals surface area contributed by atoms with Crippen LogP contribution in [0.2, 0.25) is 0 Å². The molecular weight excluding hydrogens is 202 g/mol. The van der Waals surface area contributed by atoms with E-state index in [-0.39, 0.29) is 5.57 Å². The second-order valence-corrected chi connectivity index (χ2v) is 2.76. The van der Waals surface area contributed by atoms with Gasteiger partial charge in [-0.3, -0.25) is 9.59 Å². The van der Waals surface area contributed by atoms with Gasteiger partial charge in [0.2, 0.25) is 6.79 Å². The molecule has 6 heteroatoms. The zero-order valence-corrected chi connectivity index (χ0v) is 8.06. The highest BCUT2D eigenvalue weighted by molar-refractivity contribution is 6.11. The summed E-state index contributed by atoms with van der Waals surface area (Å²) in [6.45, 7) is 4.30. The standard InChI is InChI=1S/C9H9NO5/c1-6(2)9(13)14-5-15-10-7(11)3-4-8(10)12/h3-4H,1,5H2,2H3. The number of imide groups is 1. The average Bonchev–Trinajstić information content (AvgIpc) is 2.48. The number of carbonyl (C=O) groups excluding carboxylic acids is 3.